The minimum Gasteiger partial charge on any atom is -0.489 e. The van der Waals surface area contributed by atoms with E-state index in [9.17, 15) is 4.79 Å². The number of fused-ring (bicyclic) bond motifs is 1. The Bertz CT molecular complexity index is 1000. The molecule has 1 aromatic heterocycles. The Hall–Kier alpha value is -2.41. The van der Waals surface area contributed by atoms with Gasteiger partial charge in [0.1, 0.15) is 11.4 Å². The van der Waals surface area contributed by atoms with E-state index in [1.807, 2.05) is 11.0 Å². The molecule has 2 saturated carbocycles. The first kappa shape index (κ1) is 20.2. The van der Waals surface area contributed by atoms with E-state index in [0.29, 0.717) is 6.04 Å². The third kappa shape index (κ3) is 3.60. The van der Waals surface area contributed by atoms with Crippen molar-refractivity contribution in [3.63, 3.8) is 0 Å². The molecular formula is C25H33N5O2. The zero-order valence-electron chi connectivity index (χ0n) is 18.9. The van der Waals surface area contributed by atoms with Gasteiger partial charge in [0, 0.05) is 23.1 Å². The molecule has 0 unspecified atom stereocenters. The van der Waals surface area contributed by atoms with Gasteiger partial charge in [0.15, 0.2) is 0 Å². The van der Waals surface area contributed by atoms with E-state index >= 15 is 0 Å². The zero-order chi connectivity index (χ0) is 21.7. The van der Waals surface area contributed by atoms with Crippen molar-refractivity contribution in [3.05, 3.63) is 23.9 Å². The van der Waals surface area contributed by atoms with Gasteiger partial charge in [-0.05, 0) is 89.9 Å². The molecule has 0 bridgehead atoms. The molecule has 170 valence electrons. The molecule has 1 N–H and O–H groups in total. The fourth-order valence-corrected chi connectivity index (χ4v) is 5.27. The van der Waals surface area contributed by atoms with Crippen molar-refractivity contribution in [1.82, 2.24) is 20.3 Å². The summed E-state index contributed by atoms with van der Waals surface area (Å²) in [5.74, 6) is 1.44. The Morgan fingerprint density at radius 2 is 1.91 bits per heavy atom. The summed E-state index contributed by atoms with van der Waals surface area (Å²) in [4.78, 5) is 17.1. The Morgan fingerprint density at radius 1 is 1.09 bits per heavy atom. The number of anilines is 1. The van der Waals surface area contributed by atoms with E-state index < -0.39 is 0 Å². The number of piperidine rings is 1. The van der Waals surface area contributed by atoms with Gasteiger partial charge in [-0.3, -0.25) is 4.79 Å². The Morgan fingerprint density at radius 3 is 2.62 bits per heavy atom. The zero-order valence-corrected chi connectivity index (χ0v) is 18.9. The molecule has 7 nitrogen and oxygen atoms in total. The largest absolute Gasteiger partial charge is 0.489 e. The molecule has 1 atom stereocenters. The SMILES string of the molecule is C[C@H]1CCc2c(ccc(-c3cnn(C4CCNCC4)n3)c2OC2CCC2)N1C(=O)C1CC1. The van der Waals surface area contributed by atoms with Crippen molar-refractivity contribution >= 4 is 11.6 Å². The van der Waals surface area contributed by atoms with Gasteiger partial charge in [0.05, 0.1) is 24.0 Å². The van der Waals surface area contributed by atoms with Gasteiger partial charge < -0.3 is 15.0 Å². The molecule has 4 aliphatic rings. The molecule has 0 radical (unpaired) electrons. The Kier molecular flexibility index (Phi) is 5.17. The van der Waals surface area contributed by atoms with Gasteiger partial charge in [-0.25, -0.2) is 0 Å². The van der Waals surface area contributed by atoms with E-state index in [1.54, 1.807) is 0 Å². The summed E-state index contributed by atoms with van der Waals surface area (Å²) in [5, 5.41) is 12.9. The molecule has 32 heavy (non-hydrogen) atoms. The average Bonchev–Trinajstić information content (AvgIpc) is 3.53. The molecule has 2 aliphatic heterocycles. The first-order valence-electron chi connectivity index (χ1n) is 12.5. The Balaban J connectivity index is 1.39. The lowest BCUT2D eigenvalue weighted by atomic mass is 9.91. The maximum absolute atomic E-state index is 13.1. The van der Waals surface area contributed by atoms with Crippen LogP contribution in [0.5, 0.6) is 5.75 Å². The fraction of sp³-hybridized carbons (Fsp3) is 0.640. The lowest BCUT2D eigenvalue weighted by Crippen LogP contribution is -2.43. The second-order valence-electron chi connectivity index (χ2n) is 10.0. The van der Waals surface area contributed by atoms with Gasteiger partial charge in [-0.15, -0.1) is 0 Å². The Labute approximate surface area is 189 Å². The number of amides is 1. The van der Waals surface area contributed by atoms with Crippen LogP contribution in [0.2, 0.25) is 0 Å². The molecule has 7 heteroatoms. The van der Waals surface area contributed by atoms with E-state index in [4.69, 9.17) is 9.84 Å². The van der Waals surface area contributed by atoms with E-state index in [-0.39, 0.29) is 24.0 Å². The number of ether oxygens (including phenoxy) is 1. The molecule has 3 heterocycles. The van der Waals surface area contributed by atoms with Gasteiger partial charge in [0.2, 0.25) is 5.91 Å². The molecule has 6 rings (SSSR count). The van der Waals surface area contributed by atoms with Crippen LogP contribution in [0.15, 0.2) is 18.3 Å². The summed E-state index contributed by atoms with van der Waals surface area (Å²) >= 11 is 0. The highest BCUT2D eigenvalue weighted by Gasteiger charge is 2.39. The summed E-state index contributed by atoms with van der Waals surface area (Å²) in [6.07, 6.45) is 11.7. The highest BCUT2D eigenvalue weighted by atomic mass is 16.5. The normalized spacial score (nSPS) is 24.2. The van der Waals surface area contributed by atoms with Crippen LogP contribution in [0.3, 0.4) is 0 Å². The minimum atomic E-state index is 0.212. The van der Waals surface area contributed by atoms with Crippen LogP contribution in [0, 0.1) is 5.92 Å². The lowest BCUT2D eigenvalue weighted by Gasteiger charge is -2.38. The van der Waals surface area contributed by atoms with Gasteiger partial charge in [-0.2, -0.15) is 15.0 Å². The van der Waals surface area contributed by atoms with E-state index in [1.165, 1.54) is 12.0 Å². The molecule has 2 aromatic rings. The van der Waals surface area contributed by atoms with Gasteiger partial charge in [-0.1, -0.05) is 0 Å². The highest BCUT2D eigenvalue weighted by Crippen LogP contribution is 2.45. The number of hydrogen-bond acceptors (Lipinski definition) is 5. The highest BCUT2D eigenvalue weighted by molar-refractivity contribution is 5.99. The number of benzene rings is 1. The first-order valence-corrected chi connectivity index (χ1v) is 12.5. The topological polar surface area (TPSA) is 72.3 Å². The first-order chi connectivity index (χ1) is 15.7. The van der Waals surface area contributed by atoms with Crippen LogP contribution < -0.4 is 15.0 Å². The van der Waals surface area contributed by atoms with Crippen LogP contribution in [0.25, 0.3) is 11.3 Å². The maximum atomic E-state index is 13.1. The quantitative estimate of drug-likeness (QED) is 0.772. The van der Waals surface area contributed by atoms with Gasteiger partial charge >= 0.3 is 0 Å². The molecular weight excluding hydrogens is 402 g/mol. The fourth-order valence-electron chi connectivity index (χ4n) is 5.27. The summed E-state index contributed by atoms with van der Waals surface area (Å²) in [5.41, 5.74) is 4.12. The third-order valence-corrected chi connectivity index (χ3v) is 7.67. The van der Waals surface area contributed by atoms with Crippen molar-refractivity contribution in [3.8, 4) is 17.0 Å². The number of carbonyl (C=O) groups is 1. The second-order valence-corrected chi connectivity index (χ2v) is 10.0. The number of hydrogen-bond donors (Lipinski definition) is 1. The molecule has 0 spiro atoms. The number of nitrogens with zero attached hydrogens (tertiary/aromatic N) is 4. The predicted octanol–water partition coefficient (Wildman–Crippen LogP) is 3.88. The summed E-state index contributed by atoms with van der Waals surface area (Å²) in [7, 11) is 0. The summed E-state index contributed by atoms with van der Waals surface area (Å²) in [6.45, 7) is 4.20. The molecule has 1 aromatic carbocycles. The van der Waals surface area contributed by atoms with Crippen LogP contribution in [-0.4, -0.2) is 46.1 Å². The maximum Gasteiger partial charge on any atom is 0.230 e. The lowest BCUT2D eigenvalue weighted by molar-refractivity contribution is -0.120. The minimum absolute atomic E-state index is 0.212. The monoisotopic (exact) mass is 435 g/mol. The molecule has 1 amide bonds. The molecule has 3 fully saturated rings. The third-order valence-electron chi connectivity index (χ3n) is 7.67. The standard InChI is InChI=1S/C25H33N5O2/c1-16-5-8-21-23(29(16)25(31)17-6-7-17)10-9-20(24(21)32-19-3-2-4-19)22-15-27-30(28-22)18-11-13-26-14-12-18/h9-10,15-19,26H,2-8,11-14H2,1H3/t16-/m0/s1. The van der Waals surface area contributed by atoms with Crippen molar-refractivity contribution < 1.29 is 9.53 Å². The number of rotatable bonds is 5. The average molecular weight is 436 g/mol. The predicted molar refractivity (Wildman–Crippen MR) is 123 cm³/mol. The summed E-state index contributed by atoms with van der Waals surface area (Å²) in [6, 6.07) is 4.82. The van der Waals surface area contributed by atoms with E-state index in [0.717, 1.165) is 87.2 Å². The van der Waals surface area contributed by atoms with Crippen molar-refractivity contribution in [2.24, 2.45) is 5.92 Å². The van der Waals surface area contributed by atoms with Crippen molar-refractivity contribution in [2.45, 2.75) is 82.9 Å². The van der Waals surface area contributed by atoms with E-state index in [2.05, 4.69) is 34.4 Å². The van der Waals surface area contributed by atoms with Crippen molar-refractivity contribution in [2.75, 3.05) is 18.0 Å². The smallest absolute Gasteiger partial charge is 0.230 e. The molecule has 1 saturated heterocycles. The van der Waals surface area contributed by atoms with Crippen LogP contribution in [-0.2, 0) is 11.2 Å². The van der Waals surface area contributed by atoms with Crippen LogP contribution in [0.4, 0.5) is 5.69 Å². The summed E-state index contributed by atoms with van der Waals surface area (Å²) < 4.78 is 6.60. The number of nitrogens with one attached hydrogen (secondary N) is 1. The molecule has 2 aliphatic carbocycles. The van der Waals surface area contributed by atoms with Crippen LogP contribution in [0.1, 0.15) is 69.9 Å². The van der Waals surface area contributed by atoms with Crippen molar-refractivity contribution in [1.29, 1.82) is 0 Å². The second kappa shape index (κ2) is 8.18. The van der Waals surface area contributed by atoms with Crippen LogP contribution >= 0.6 is 0 Å². The number of aromatic nitrogens is 3. The number of carbonyl (C=O) groups excluding carboxylic acids is 1. The van der Waals surface area contributed by atoms with Gasteiger partial charge in [0.25, 0.3) is 0 Å².